The number of para-hydroxylation sites is 2. The van der Waals surface area contributed by atoms with Crippen LogP contribution >= 0.6 is 0 Å². The lowest BCUT2D eigenvalue weighted by atomic mass is 10.1. The van der Waals surface area contributed by atoms with Gasteiger partial charge >= 0.3 is 0 Å². The van der Waals surface area contributed by atoms with Crippen LogP contribution in [0.5, 0.6) is 0 Å². The standard InChI is InChI=1S/C28H23N9O/c1-18(32-28(38)23-25(29)34-36-15-7-14-30-27(23)36)26-33-22-11-6-8-20(13-12-19-16-31-35(2)17-19)24(22)37(26)21-9-4-3-5-10-21/h3-11,14-18H,1-2H3,(H2,29,34)(H,32,38)/t18-/m0/s1. The number of aromatic nitrogens is 7. The van der Waals surface area contributed by atoms with Crippen LogP contribution in [-0.2, 0) is 7.05 Å². The topological polar surface area (TPSA) is 121 Å². The third kappa shape index (κ3) is 4.02. The molecule has 38 heavy (non-hydrogen) atoms. The van der Waals surface area contributed by atoms with Crippen molar-refractivity contribution in [3.05, 3.63) is 102 Å². The van der Waals surface area contributed by atoms with Gasteiger partial charge in [0.15, 0.2) is 11.5 Å². The van der Waals surface area contributed by atoms with E-state index in [0.29, 0.717) is 11.5 Å². The molecule has 0 aliphatic rings. The summed E-state index contributed by atoms with van der Waals surface area (Å²) in [5.41, 5.74) is 10.8. The second-order valence-electron chi connectivity index (χ2n) is 8.81. The average molecular weight is 502 g/mol. The van der Waals surface area contributed by atoms with E-state index in [-0.39, 0.29) is 17.3 Å². The third-order valence-electron chi connectivity index (χ3n) is 6.15. The molecule has 4 aromatic heterocycles. The Bertz CT molecular complexity index is 1870. The summed E-state index contributed by atoms with van der Waals surface area (Å²) >= 11 is 0. The number of nitrogens with one attached hydrogen (secondary N) is 1. The van der Waals surface area contributed by atoms with E-state index < -0.39 is 6.04 Å². The molecule has 6 rings (SSSR count). The summed E-state index contributed by atoms with van der Waals surface area (Å²) in [6.45, 7) is 1.88. The molecule has 0 radical (unpaired) electrons. The molecule has 10 heteroatoms. The van der Waals surface area contributed by atoms with E-state index in [1.807, 2.05) is 73.3 Å². The SMILES string of the molecule is C[C@H](NC(=O)c1c(N)nn2cccnc12)c1nc2cccc(C#Cc3cnn(C)c3)c2n1-c1ccccc1. The number of nitrogens with zero attached hydrogens (tertiary/aromatic N) is 7. The van der Waals surface area contributed by atoms with Crippen LogP contribution in [0.4, 0.5) is 5.82 Å². The van der Waals surface area contributed by atoms with Crippen molar-refractivity contribution in [2.45, 2.75) is 13.0 Å². The number of aryl methyl sites for hydroxylation is 1. The molecule has 0 unspecified atom stereocenters. The first-order chi connectivity index (χ1) is 18.5. The van der Waals surface area contributed by atoms with Gasteiger partial charge in [-0.2, -0.15) is 5.10 Å². The first kappa shape index (κ1) is 23.0. The summed E-state index contributed by atoms with van der Waals surface area (Å²) in [5, 5.41) is 11.4. The second-order valence-corrected chi connectivity index (χ2v) is 8.81. The Kier molecular flexibility index (Phi) is 5.58. The molecule has 10 nitrogen and oxygen atoms in total. The van der Waals surface area contributed by atoms with Crippen molar-refractivity contribution in [2.75, 3.05) is 5.73 Å². The Balaban J connectivity index is 1.45. The minimum Gasteiger partial charge on any atom is -0.381 e. The largest absolute Gasteiger partial charge is 0.381 e. The van der Waals surface area contributed by atoms with Crippen LogP contribution in [0.15, 0.2) is 79.4 Å². The van der Waals surface area contributed by atoms with E-state index in [0.717, 1.165) is 27.8 Å². The molecule has 186 valence electrons. The van der Waals surface area contributed by atoms with Crippen molar-refractivity contribution in [1.82, 2.24) is 39.2 Å². The molecule has 4 heterocycles. The van der Waals surface area contributed by atoms with Gasteiger partial charge in [0.2, 0.25) is 0 Å². The number of nitrogen functional groups attached to an aromatic ring is 1. The Labute approximate surface area is 217 Å². The number of carbonyl (C=O) groups is 1. The highest BCUT2D eigenvalue weighted by atomic mass is 16.1. The number of fused-ring (bicyclic) bond motifs is 2. The third-order valence-corrected chi connectivity index (χ3v) is 6.15. The summed E-state index contributed by atoms with van der Waals surface area (Å²) in [4.78, 5) is 22.6. The summed E-state index contributed by atoms with van der Waals surface area (Å²) < 4.78 is 5.24. The number of amides is 1. The molecule has 1 atom stereocenters. The number of carbonyl (C=O) groups excluding carboxylic acids is 1. The first-order valence-corrected chi connectivity index (χ1v) is 12.0. The molecule has 0 bridgehead atoms. The van der Waals surface area contributed by atoms with Crippen molar-refractivity contribution in [2.24, 2.45) is 7.05 Å². The molecule has 0 aliphatic heterocycles. The maximum Gasteiger partial charge on any atom is 0.259 e. The fraction of sp³-hybridized carbons (Fsp3) is 0.107. The fourth-order valence-electron chi connectivity index (χ4n) is 4.45. The maximum absolute atomic E-state index is 13.4. The predicted molar refractivity (Wildman–Crippen MR) is 144 cm³/mol. The first-order valence-electron chi connectivity index (χ1n) is 12.0. The Morgan fingerprint density at radius 3 is 2.71 bits per heavy atom. The molecule has 0 saturated carbocycles. The van der Waals surface area contributed by atoms with E-state index in [1.165, 1.54) is 4.52 Å². The number of imidazole rings is 1. The Hall–Kier alpha value is -5.43. The van der Waals surface area contributed by atoms with Crippen molar-refractivity contribution >= 4 is 28.4 Å². The minimum atomic E-state index is -0.479. The van der Waals surface area contributed by atoms with Gasteiger partial charge in [-0.25, -0.2) is 14.5 Å². The normalized spacial score (nSPS) is 11.8. The Morgan fingerprint density at radius 1 is 1.08 bits per heavy atom. The van der Waals surface area contributed by atoms with Gasteiger partial charge in [0, 0.05) is 31.3 Å². The van der Waals surface area contributed by atoms with Crippen LogP contribution in [-0.4, -0.2) is 39.8 Å². The second kappa shape index (κ2) is 9.22. The van der Waals surface area contributed by atoms with Gasteiger partial charge < -0.3 is 11.1 Å². The van der Waals surface area contributed by atoms with E-state index in [1.54, 1.807) is 29.3 Å². The summed E-state index contributed by atoms with van der Waals surface area (Å²) in [6, 6.07) is 16.9. The van der Waals surface area contributed by atoms with Crippen LogP contribution in [0.25, 0.3) is 22.4 Å². The summed E-state index contributed by atoms with van der Waals surface area (Å²) in [5.74, 6) is 6.85. The predicted octanol–water partition coefficient (Wildman–Crippen LogP) is 3.27. The molecular weight excluding hydrogens is 478 g/mol. The highest BCUT2D eigenvalue weighted by Gasteiger charge is 2.25. The molecule has 0 aliphatic carbocycles. The quantitative estimate of drug-likeness (QED) is 0.358. The van der Waals surface area contributed by atoms with E-state index in [2.05, 4.69) is 32.3 Å². The van der Waals surface area contributed by atoms with Gasteiger partial charge in [-0.3, -0.25) is 14.0 Å². The molecule has 2 aromatic carbocycles. The zero-order valence-electron chi connectivity index (χ0n) is 20.7. The highest BCUT2D eigenvalue weighted by Crippen LogP contribution is 2.28. The smallest absolute Gasteiger partial charge is 0.259 e. The molecule has 0 fully saturated rings. The fourth-order valence-corrected chi connectivity index (χ4v) is 4.45. The van der Waals surface area contributed by atoms with E-state index in [4.69, 9.17) is 10.7 Å². The zero-order chi connectivity index (χ0) is 26.2. The van der Waals surface area contributed by atoms with Crippen LogP contribution < -0.4 is 11.1 Å². The van der Waals surface area contributed by atoms with Crippen molar-refractivity contribution in [1.29, 1.82) is 0 Å². The van der Waals surface area contributed by atoms with Gasteiger partial charge in [0.25, 0.3) is 5.91 Å². The number of benzene rings is 2. The van der Waals surface area contributed by atoms with Gasteiger partial charge in [0.1, 0.15) is 11.4 Å². The molecule has 0 spiro atoms. The van der Waals surface area contributed by atoms with Gasteiger partial charge in [-0.05, 0) is 37.3 Å². The zero-order valence-corrected chi connectivity index (χ0v) is 20.7. The van der Waals surface area contributed by atoms with Crippen molar-refractivity contribution in [3.8, 4) is 17.5 Å². The highest BCUT2D eigenvalue weighted by molar-refractivity contribution is 6.04. The monoisotopic (exact) mass is 501 g/mol. The lowest BCUT2D eigenvalue weighted by Gasteiger charge is -2.16. The number of hydrogen-bond acceptors (Lipinski definition) is 6. The number of hydrogen-bond donors (Lipinski definition) is 2. The average Bonchev–Trinajstić information content (AvgIpc) is 3.62. The lowest BCUT2D eigenvalue weighted by Crippen LogP contribution is -2.29. The number of anilines is 1. The molecule has 6 aromatic rings. The van der Waals surface area contributed by atoms with E-state index >= 15 is 0 Å². The summed E-state index contributed by atoms with van der Waals surface area (Å²) in [6.07, 6.45) is 6.89. The van der Waals surface area contributed by atoms with Crippen molar-refractivity contribution in [3.63, 3.8) is 0 Å². The molecule has 3 N–H and O–H groups in total. The number of rotatable bonds is 4. The van der Waals surface area contributed by atoms with Gasteiger partial charge in [0.05, 0.1) is 34.4 Å². The molecule has 1 amide bonds. The molecule has 0 saturated heterocycles. The van der Waals surface area contributed by atoms with Crippen LogP contribution in [0.3, 0.4) is 0 Å². The van der Waals surface area contributed by atoms with Gasteiger partial charge in [-0.15, -0.1) is 5.10 Å². The van der Waals surface area contributed by atoms with Crippen LogP contribution in [0, 0.1) is 11.8 Å². The van der Waals surface area contributed by atoms with Crippen molar-refractivity contribution < 1.29 is 4.79 Å². The number of nitrogens with two attached hydrogens (primary N) is 1. The molecular formula is C28H23N9O. The summed E-state index contributed by atoms with van der Waals surface area (Å²) in [7, 11) is 1.86. The van der Waals surface area contributed by atoms with Crippen LogP contribution in [0.2, 0.25) is 0 Å². The Morgan fingerprint density at radius 2 is 1.92 bits per heavy atom. The van der Waals surface area contributed by atoms with E-state index in [9.17, 15) is 4.79 Å². The van der Waals surface area contributed by atoms with Crippen LogP contribution in [0.1, 0.15) is 40.3 Å². The minimum absolute atomic E-state index is 0.109. The lowest BCUT2D eigenvalue weighted by molar-refractivity contribution is 0.0940. The van der Waals surface area contributed by atoms with Gasteiger partial charge in [-0.1, -0.05) is 36.1 Å². The maximum atomic E-state index is 13.4.